The van der Waals surface area contributed by atoms with Gasteiger partial charge < -0.3 is 4.74 Å². The summed E-state index contributed by atoms with van der Waals surface area (Å²) in [7, 11) is 0. The minimum Gasteiger partial charge on any atom is -0.492 e. The van der Waals surface area contributed by atoms with Gasteiger partial charge in [0.05, 0.1) is 11.6 Å². The Hall–Kier alpha value is -0.210. The molecule has 0 amide bonds. The molecule has 0 aliphatic heterocycles. The highest BCUT2D eigenvalue weighted by molar-refractivity contribution is 9.08. The van der Waals surface area contributed by atoms with E-state index in [4.69, 9.17) is 16.3 Å². The third-order valence-corrected chi connectivity index (χ3v) is 3.28. The van der Waals surface area contributed by atoms with E-state index in [0.29, 0.717) is 5.02 Å². The SMILES string of the molecule is CC(C)CCCOc1ccc(CBr)cc1Cl. The van der Waals surface area contributed by atoms with Crippen molar-refractivity contribution in [2.45, 2.75) is 32.0 Å². The lowest BCUT2D eigenvalue weighted by Gasteiger charge is -2.09. The van der Waals surface area contributed by atoms with Crippen LogP contribution in [-0.2, 0) is 5.33 Å². The van der Waals surface area contributed by atoms with Crippen LogP contribution in [0.2, 0.25) is 5.02 Å². The Kier molecular flexibility index (Phi) is 6.22. The highest BCUT2D eigenvalue weighted by Crippen LogP contribution is 2.26. The summed E-state index contributed by atoms with van der Waals surface area (Å²) < 4.78 is 5.64. The van der Waals surface area contributed by atoms with Crippen molar-refractivity contribution in [1.82, 2.24) is 0 Å². The Morgan fingerprint density at radius 3 is 2.69 bits per heavy atom. The largest absolute Gasteiger partial charge is 0.492 e. The lowest BCUT2D eigenvalue weighted by molar-refractivity contribution is 0.298. The Balaban J connectivity index is 2.42. The minimum atomic E-state index is 0.696. The topological polar surface area (TPSA) is 9.23 Å². The van der Waals surface area contributed by atoms with Crippen molar-refractivity contribution in [1.29, 1.82) is 0 Å². The third-order valence-electron chi connectivity index (χ3n) is 2.33. The fourth-order valence-electron chi connectivity index (χ4n) is 1.42. The first kappa shape index (κ1) is 13.9. The summed E-state index contributed by atoms with van der Waals surface area (Å²) in [6.07, 6.45) is 2.27. The quantitative estimate of drug-likeness (QED) is 0.528. The lowest BCUT2D eigenvalue weighted by Crippen LogP contribution is -2.00. The molecule has 0 aliphatic carbocycles. The van der Waals surface area contributed by atoms with Crippen molar-refractivity contribution in [3.8, 4) is 5.75 Å². The highest BCUT2D eigenvalue weighted by atomic mass is 79.9. The van der Waals surface area contributed by atoms with Crippen LogP contribution in [0.4, 0.5) is 0 Å². The summed E-state index contributed by atoms with van der Waals surface area (Å²) in [4.78, 5) is 0. The van der Waals surface area contributed by atoms with Crippen LogP contribution in [0.3, 0.4) is 0 Å². The van der Waals surface area contributed by atoms with Crippen LogP contribution in [0.15, 0.2) is 18.2 Å². The van der Waals surface area contributed by atoms with Gasteiger partial charge in [-0.05, 0) is 36.5 Å². The zero-order chi connectivity index (χ0) is 12.0. The van der Waals surface area contributed by atoms with Crippen LogP contribution in [0, 0.1) is 5.92 Å². The molecule has 0 unspecified atom stereocenters. The molecule has 0 aliphatic rings. The van der Waals surface area contributed by atoms with Gasteiger partial charge in [0, 0.05) is 5.33 Å². The molecule has 0 atom stereocenters. The maximum Gasteiger partial charge on any atom is 0.137 e. The molecule has 0 heterocycles. The van der Waals surface area contributed by atoms with Gasteiger partial charge in [-0.2, -0.15) is 0 Å². The van der Waals surface area contributed by atoms with E-state index in [1.807, 2.05) is 18.2 Å². The van der Waals surface area contributed by atoms with E-state index in [-0.39, 0.29) is 0 Å². The van der Waals surface area contributed by atoms with Crippen molar-refractivity contribution in [3.63, 3.8) is 0 Å². The molecule has 1 aromatic carbocycles. The number of rotatable bonds is 6. The summed E-state index contributed by atoms with van der Waals surface area (Å²) in [5.74, 6) is 1.52. The monoisotopic (exact) mass is 304 g/mol. The standard InChI is InChI=1S/C13H18BrClO/c1-10(2)4-3-7-16-13-6-5-11(9-14)8-12(13)15/h5-6,8,10H,3-4,7,9H2,1-2H3. The van der Waals surface area contributed by atoms with Gasteiger partial charge in [0.25, 0.3) is 0 Å². The summed E-state index contributed by atoms with van der Waals surface area (Å²) >= 11 is 9.50. The molecule has 0 radical (unpaired) electrons. The summed E-state index contributed by atoms with van der Waals surface area (Å²) in [5, 5.41) is 1.52. The second-order valence-corrected chi connectivity index (χ2v) is 5.25. The van der Waals surface area contributed by atoms with Crippen molar-refractivity contribution in [2.24, 2.45) is 5.92 Å². The van der Waals surface area contributed by atoms with Crippen LogP contribution < -0.4 is 4.74 Å². The smallest absolute Gasteiger partial charge is 0.137 e. The van der Waals surface area contributed by atoms with E-state index in [9.17, 15) is 0 Å². The van der Waals surface area contributed by atoms with E-state index in [0.717, 1.165) is 30.0 Å². The van der Waals surface area contributed by atoms with Gasteiger partial charge in [-0.25, -0.2) is 0 Å². The number of hydrogen-bond donors (Lipinski definition) is 0. The van der Waals surface area contributed by atoms with Crippen molar-refractivity contribution in [3.05, 3.63) is 28.8 Å². The number of alkyl halides is 1. The zero-order valence-corrected chi connectivity index (χ0v) is 12.1. The van der Waals surface area contributed by atoms with Gasteiger partial charge in [-0.1, -0.05) is 47.4 Å². The maximum atomic E-state index is 6.10. The first-order valence-electron chi connectivity index (χ1n) is 5.60. The van der Waals surface area contributed by atoms with Crippen molar-refractivity contribution < 1.29 is 4.74 Å². The fourth-order valence-corrected chi connectivity index (χ4v) is 2.02. The van der Waals surface area contributed by atoms with Gasteiger partial charge >= 0.3 is 0 Å². The molecule has 0 bridgehead atoms. The molecule has 16 heavy (non-hydrogen) atoms. The minimum absolute atomic E-state index is 0.696. The number of halogens is 2. The van der Waals surface area contributed by atoms with E-state index in [1.54, 1.807) is 0 Å². The first-order chi connectivity index (χ1) is 7.63. The predicted octanol–water partition coefficient (Wildman–Crippen LogP) is 5.05. The van der Waals surface area contributed by atoms with Crippen LogP contribution in [0.25, 0.3) is 0 Å². The zero-order valence-electron chi connectivity index (χ0n) is 9.80. The maximum absolute atomic E-state index is 6.10. The van der Waals surface area contributed by atoms with E-state index < -0.39 is 0 Å². The van der Waals surface area contributed by atoms with Gasteiger partial charge in [0.15, 0.2) is 0 Å². The van der Waals surface area contributed by atoms with E-state index >= 15 is 0 Å². The van der Waals surface area contributed by atoms with Gasteiger partial charge in [0.2, 0.25) is 0 Å². The molecule has 0 saturated heterocycles. The summed E-state index contributed by atoms with van der Waals surface area (Å²) in [6.45, 7) is 5.18. The Bertz CT molecular complexity index is 326. The van der Waals surface area contributed by atoms with E-state index in [1.165, 1.54) is 12.0 Å². The highest BCUT2D eigenvalue weighted by Gasteiger charge is 2.02. The van der Waals surface area contributed by atoms with Crippen molar-refractivity contribution in [2.75, 3.05) is 6.61 Å². The normalized spacial score (nSPS) is 10.8. The van der Waals surface area contributed by atoms with Crippen LogP contribution in [0.1, 0.15) is 32.3 Å². The third kappa shape index (κ3) is 4.75. The molecule has 0 spiro atoms. The Morgan fingerprint density at radius 1 is 1.38 bits per heavy atom. The molecular formula is C13H18BrClO. The summed E-state index contributed by atoms with van der Waals surface area (Å²) in [6, 6.07) is 5.90. The number of benzene rings is 1. The second kappa shape index (κ2) is 7.18. The van der Waals surface area contributed by atoms with Crippen molar-refractivity contribution >= 4 is 27.5 Å². The molecule has 1 aromatic rings. The Labute approximate surface area is 111 Å². The van der Waals surface area contributed by atoms with Crippen LogP contribution in [0.5, 0.6) is 5.75 Å². The van der Waals surface area contributed by atoms with Crippen LogP contribution >= 0.6 is 27.5 Å². The Morgan fingerprint density at radius 2 is 2.12 bits per heavy atom. The number of ether oxygens (including phenoxy) is 1. The van der Waals surface area contributed by atoms with Gasteiger partial charge in [-0.15, -0.1) is 0 Å². The number of hydrogen-bond acceptors (Lipinski definition) is 1. The summed E-state index contributed by atoms with van der Waals surface area (Å²) in [5.41, 5.74) is 1.17. The molecule has 90 valence electrons. The average Bonchev–Trinajstić information content (AvgIpc) is 2.25. The molecule has 1 rings (SSSR count). The van der Waals surface area contributed by atoms with Crippen LogP contribution in [-0.4, -0.2) is 6.61 Å². The molecule has 0 N–H and O–H groups in total. The second-order valence-electron chi connectivity index (χ2n) is 4.28. The lowest BCUT2D eigenvalue weighted by atomic mass is 10.1. The van der Waals surface area contributed by atoms with Gasteiger partial charge in [-0.3, -0.25) is 0 Å². The molecule has 0 aromatic heterocycles. The first-order valence-corrected chi connectivity index (χ1v) is 7.10. The average molecular weight is 306 g/mol. The predicted molar refractivity (Wildman–Crippen MR) is 73.7 cm³/mol. The van der Waals surface area contributed by atoms with E-state index in [2.05, 4.69) is 29.8 Å². The van der Waals surface area contributed by atoms with Gasteiger partial charge in [0.1, 0.15) is 5.75 Å². The molecular weight excluding hydrogens is 287 g/mol. The molecule has 3 heteroatoms. The fraction of sp³-hybridized carbons (Fsp3) is 0.538. The molecule has 1 nitrogen and oxygen atoms in total. The molecule has 0 fully saturated rings. The molecule has 0 saturated carbocycles.